The Morgan fingerprint density at radius 2 is 1.77 bits per heavy atom. The number of benzene rings is 1. The van der Waals surface area contributed by atoms with Crippen LogP contribution in [0.5, 0.6) is 0 Å². The van der Waals surface area contributed by atoms with Gasteiger partial charge < -0.3 is 10.5 Å². The second-order valence-electron chi connectivity index (χ2n) is 7.67. The summed E-state index contributed by atoms with van der Waals surface area (Å²) in [6, 6.07) is 7.86. The second kappa shape index (κ2) is 8.69. The van der Waals surface area contributed by atoms with E-state index in [9.17, 15) is 22.8 Å². The summed E-state index contributed by atoms with van der Waals surface area (Å²) in [7, 11) is -3.93. The fraction of sp³-hybridized carbons (Fsp3) is 0.381. The van der Waals surface area contributed by atoms with Gasteiger partial charge in [-0.2, -0.15) is 0 Å². The number of rotatable bonds is 8. The third-order valence-electron chi connectivity index (χ3n) is 4.54. The molecule has 1 heterocycles. The number of hydrogen-bond donors (Lipinski definition) is 1. The van der Waals surface area contributed by atoms with Gasteiger partial charge in [0.25, 0.3) is 0 Å². The summed E-state index contributed by atoms with van der Waals surface area (Å²) in [4.78, 5) is 36.2. The topological polar surface area (TPSA) is 121 Å². The summed E-state index contributed by atoms with van der Waals surface area (Å²) >= 11 is 0.823. The molecule has 0 radical (unpaired) electrons. The average molecular weight is 452 g/mol. The lowest BCUT2D eigenvalue weighted by molar-refractivity contribution is -0.161. The molecule has 2 aromatic rings. The van der Waals surface area contributed by atoms with Crippen LogP contribution in [0.3, 0.4) is 0 Å². The predicted octanol–water partition coefficient (Wildman–Crippen LogP) is 3.26. The maximum atomic E-state index is 13.3. The van der Waals surface area contributed by atoms with Crippen molar-refractivity contribution in [1.82, 2.24) is 0 Å². The molecule has 0 aliphatic heterocycles. The number of nitrogens with two attached hydrogens (primary N) is 1. The number of hydrogen-bond acceptors (Lipinski definition) is 7. The fourth-order valence-corrected chi connectivity index (χ4v) is 6.23. The number of sulfone groups is 1. The van der Waals surface area contributed by atoms with E-state index in [1.165, 1.54) is 32.9 Å². The Kier molecular flexibility index (Phi) is 6.88. The number of amides is 1. The third-order valence-corrected chi connectivity index (χ3v) is 7.98. The van der Waals surface area contributed by atoms with Gasteiger partial charge in [0.05, 0.1) is 10.5 Å². The maximum absolute atomic E-state index is 13.3. The van der Waals surface area contributed by atoms with Crippen molar-refractivity contribution in [3.05, 3.63) is 46.3 Å². The van der Waals surface area contributed by atoms with Gasteiger partial charge in [0.1, 0.15) is 4.21 Å². The average Bonchev–Trinajstić information content (AvgIpc) is 3.05. The van der Waals surface area contributed by atoms with Gasteiger partial charge in [0, 0.05) is 18.2 Å². The zero-order chi connectivity index (χ0) is 22.9. The maximum Gasteiger partial charge on any atom is 0.303 e. The molecule has 2 N–H and O–H groups in total. The minimum absolute atomic E-state index is 0.0304. The van der Waals surface area contributed by atoms with E-state index in [1.54, 1.807) is 18.2 Å². The van der Waals surface area contributed by atoms with Crippen molar-refractivity contribution in [2.45, 2.75) is 61.7 Å². The lowest BCUT2D eigenvalue weighted by Gasteiger charge is -2.22. The van der Waals surface area contributed by atoms with Crippen LogP contribution < -0.4 is 5.73 Å². The van der Waals surface area contributed by atoms with Crippen LogP contribution in [0.4, 0.5) is 0 Å². The molecular weight excluding hydrogens is 426 g/mol. The van der Waals surface area contributed by atoms with Crippen molar-refractivity contribution in [2.24, 2.45) is 5.73 Å². The number of ether oxygens (including phenoxy) is 1. The van der Waals surface area contributed by atoms with Crippen molar-refractivity contribution in [2.75, 3.05) is 0 Å². The largest absolute Gasteiger partial charge is 0.452 e. The standard InChI is InChI=1S/C21H25NO6S2/c1-12(2)14-8-6-7-9-17(14)30(26,27)19-10-15(20(22)25)16(29-19)11-18(24)21(4,5)28-13(3)23/h6-10,12H,11H2,1-5H3,(H2,22,25). The molecular formula is C21H25NO6S2. The minimum Gasteiger partial charge on any atom is -0.452 e. The predicted molar refractivity (Wildman–Crippen MR) is 113 cm³/mol. The van der Waals surface area contributed by atoms with E-state index in [0.29, 0.717) is 5.56 Å². The first-order chi connectivity index (χ1) is 13.8. The molecule has 0 atom stereocenters. The monoisotopic (exact) mass is 451 g/mol. The highest BCUT2D eigenvalue weighted by molar-refractivity contribution is 7.93. The minimum atomic E-state index is -3.93. The van der Waals surface area contributed by atoms with Crippen molar-refractivity contribution in [3.8, 4) is 0 Å². The van der Waals surface area contributed by atoms with Crippen LogP contribution in [0.25, 0.3) is 0 Å². The van der Waals surface area contributed by atoms with Crippen molar-refractivity contribution in [3.63, 3.8) is 0 Å². The molecule has 0 spiro atoms. The Balaban J connectivity index is 2.52. The van der Waals surface area contributed by atoms with E-state index in [0.717, 1.165) is 11.3 Å². The lowest BCUT2D eigenvalue weighted by Crippen LogP contribution is -2.37. The van der Waals surface area contributed by atoms with Gasteiger partial charge >= 0.3 is 5.97 Å². The highest BCUT2D eigenvalue weighted by Crippen LogP contribution is 2.35. The van der Waals surface area contributed by atoms with E-state index >= 15 is 0 Å². The molecule has 2 rings (SSSR count). The molecule has 0 saturated carbocycles. The highest BCUT2D eigenvalue weighted by Gasteiger charge is 2.33. The van der Waals surface area contributed by atoms with Gasteiger partial charge in [-0.25, -0.2) is 8.42 Å². The number of primary amides is 1. The van der Waals surface area contributed by atoms with Gasteiger partial charge in [-0.1, -0.05) is 32.0 Å². The molecule has 7 nitrogen and oxygen atoms in total. The van der Waals surface area contributed by atoms with E-state index in [4.69, 9.17) is 10.5 Å². The molecule has 0 aliphatic carbocycles. The smallest absolute Gasteiger partial charge is 0.303 e. The summed E-state index contributed by atoms with van der Waals surface area (Å²) in [6.07, 6.45) is -0.287. The van der Waals surface area contributed by atoms with Gasteiger partial charge in [-0.15, -0.1) is 11.3 Å². The summed E-state index contributed by atoms with van der Waals surface area (Å²) in [5.41, 5.74) is 4.63. The van der Waals surface area contributed by atoms with Crippen molar-refractivity contribution in [1.29, 1.82) is 0 Å². The molecule has 162 valence electrons. The van der Waals surface area contributed by atoms with Gasteiger partial charge in [-0.3, -0.25) is 14.4 Å². The van der Waals surface area contributed by atoms with Crippen LogP contribution in [0.1, 0.15) is 61.3 Å². The number of carbonyl (C=O) groups is 3. The third kappa shape index (κ3) is 4.96. The first-order valence-electron chi connectivity index (χ1n) is 9.26. The van der Waals surface area contributed by atoms with Crippen LogP contribution in [-0.4, -0.2) is 31.7 Å². The summed E-state index contributed by atoms with van der Waals surface area (Å²) < 4.78 is 31.5. The van der Waals surface area contributed by atoms with Crippen LogP contribution in [0, 0.1) is 0 Å². The van der Waals surface area contributed by atoms with E-state index in [2.05, 4.69) is 0 Å². The Labute approximate surface area is 180 Å². The fourth-order valence-electron chi connectivity index (χ4n) is 2.96. The first kappa shape index (κ1) is 23.8. The Morgan fingerprint density at radius 1 is 1.17 bits per heavy atom. The summed E-state index contributed by atoms with van der Waals surface area (Å²) in [5, 5.41) is 0. The van der Waals surface area contributed by atoms with Crippen molar-refractivity contribution < 1.29 is 27.5 Å². The Bertz CT molecular complexity index is 1100. The number of esters is 1. The normalized spacial score (nSPS) is 12.1. The van der Waals surface area contributed by atoms with Crippen LogP contribution in [-0.2, 0) is 30.6 Å². The van der Waals surface area contributed by atoms with Gasteiger partial charge in [0.15, 0.2) is 11.4 Å². The molecule has 0 aliphatic rings. The lowest BCUT2D eigenvalue weighted by atomic mass is 9.98. The van der Waals surface area contributed by atoms with Gasteiger partial charge in [0.2, 0.25) is 15.7 Å². The zero-order valence-electron chi connectivity index (χ0n) is 17.5. The molecule has 0 saturated heterocycles. The summed E-state index contributed by atoms with van der Waals surface area (Å²) in [6.45, 7) is 7.83. The Hall–Kier alpha value is -2.52. The number of thiophene rings is 1. The van der Waals surface area contributed by atoms with Crippen LogP contribution in [0.15, 0.2) is 39.4 Å². The SMILES string of the molecule is CC(=O)OC(C)(C)C(=O)Cc1sc(S(=O)(=O)c2ccccc2C(C)C)cc1C(N)=O. The van der Waals surface area contributed by atoms with E-state index < -0.39 is 33.1 Å². The molecule has 30 heavy (non-hydrogen) atoms. The zero-order valence-corrected chi connectivity index (χ0v) is 19.1. The molecule has 0 fully saturated rings. The van der Waals surface area contributed by atoms with Crippen LogP contribution in [0.2, 0.25) is 0 Å². The number of ketones is 1. The summed E-state index contributed by atoms with van der Waals surface area (Å²) in [5.74, 6) is -1.97. The van der Waals surface area contributed by atoms with Crippen LogP contribution >= 0.6 is 11.3 Å². The number of carbonyl (C=O) groups excluding carboxylic acids is 3. The number of Topliss-reactive ketones (excluding diaryl/α,β-unsaturated/α-hetero) is 1. The molecule has 1 aromatic heterocycles. The second-order valence-corrected chi connectivity index (χ2v) is 10.9. The van der Waals surface area contributed by atoms with Crippen molar-refractivity contribution >= 4 is 38.8 Å². The van der Waals surface area contributed by atoms with E-state index in [-0.39, 0.29) is 31.9 Å². The molecule has 9 heteroatoms. The quantitative estimate of drug-likeness (QED) is 0.615. The Morgan fingerprint density at radius 3 is 2.30 bits per heavy atom. The molecule has 1 amide bonds. The molecule has 0 bridgehead atoms. The van der Waals surface area contributed by atoms with E-state index in [1.807, 2.05) is 13.8 Å². The first-order valence-corrected chi connectivity index (χ1v) is 11.6. The van der Waals surface area contributed by atoms with Gasteiger partial charge in [-0.05, 0) is 37.5 Å². The molecule has 1 aromatic carbocycles. The highest BCUT2D eigenvalue weighted by atomic mass is 32.2. The molecule has 0 unspecified atom stereocenters.